The molecule has 0 aliphatic carbocycles. The molecule has 0 bridgehead atoms. The minimum absolute atomic E-state index is 0.594. The first-order valence-corrected chi connectivity index (χ1v) is 7.59. The van der Waals surface area contributed by atoms with Crippen LogP contribution in [0.5, 0.6) is 5.75 Å². The van der Waals surface area contributed by atoms with E-state index in [-0.39, 0.29) is 0 Å². The SMILES string of the molecule is CCOc1cc(Cl)c(CCC(C)CCNC)cc1Cl. The molecule has 1 aromatic carbocycles. The molecule has 108 valence electrons. The van der Waals surface area contributed by atoms with Gasteiger partial charge in [0.15, 0.2) is 0 Å². The average Bonchev–Trinajstić information content (AvgIpc) is 2.38. The molecule has 1 atom stereocenters. The summed E-state index contributed by atoms with van der Waals surface area (Å²) in [7, 11) is 1.98. The molecule has 1 N–H and O–H groups in total. The highest BCUT2D eigenvalue weighted by Crippen LogP contribution is 2.32. The van der Waals surface area contributed by atoms with Gasteiger partial charge in [-0.1, -0.05) is 30.1 Å². The van der Waals surface area contributed by atoms with Gasteiger partial charge in [0.1, 0.15) is 5.75 Å². The monoisotopic (exact) mass is 303 g/mol. The van der Waals surface area contributed by atoms with Crippen LogP contribution < -0.4 is 10.1 Å². The Balaban J connectivity index is 2.61. The molecule has 1 rings (SSSR count). The highest BCUT2D eigenvalue weighted by molar-refractivity contribution is 6.34. The summed E-state index contributed by atoms with van der Waals surface area (Å²) < 4.78 is 5.43. The van der Waals surface area contributed by atoms with Gasteiger partial charge in [0, 0.05) is 11.1 Å². The van der Waals surface area contributed by atoms with Gasteiger partial charge in [-0.15, -0.1) is 0 Å². The number of ether oxygens (including phenoxy) is 1. The molecule has 0 radical (unpaired) electrons. The molecule has 0 saturated carbocycles. The van der Waals surface area contributed by atoms with Crippen molar-refractivity contribution in [2.24, 2.45) is 5.92 Å². The van der Waals surface area contributed by atoms with Crippen molar-refractivity contribution in [1.29, 1.82) is 0 Å². The van der Waals surface area contributed by atoms with E-state index >= 15 is 0 Å². The predicted molar refractivity (Wildman–Crippen MR) is 83.7 cm³/mol. The van der Waals surface area contributed by atoms with Gasteiger partial charge in [0.25, 0.3) is 0 Å². The van der Waals surface area contributed by atoms with E-state index in [0.29, 0.717) is 23.3 Å². The summed E-state index contributed by atoms with van der Waals surface area (Å²) in [6, 6.07) is 3.75. The van der Waals surface area contributed by atoms with E-state index in [9.17, 15) is 0 Å². The highest BCUT2D eigenvalue weighted by atomic mass is 35.5. The maximum atomic E-state index is 6.27. The van der Waals surface area contributed by atoms with Crippen molar-refractivity contribution in [3.05, 3.63) is 27.7 Å². The van der Waals surface area contributed by atoms with Gasteiger partial charge in [-0.2, -0.15) is 0 Å². The van der Waals surface area contributed by atoms with Gasteiger partial charge < -0.3 is 10.1 Å². The van der Waals surface area contributed by atoms with Gasteiger partial charge in [-0.3, -0.25) is 0 Å². The predicted octanol–water partition coefficient (Wildman–Crippen LogP) is 4.57. The Morgan fingerprint density at radius 2 is 1.95 bits per heavy atom. The van der Waals surface area contributed by atoms with E-state index in [1.54, 1.807) is 0 Å². The molecule has 0 spiro atoms. The smallest absolute Gasteiger partial charge is 0.139 e. The van der Waals surface area contributed by atoms with E-state index in [0.717, 1.165) is 30.0 Å². The van der Waals surface area contributed by atoms with Gasteiger partial charge in [-0.05, 0) is 57.3 Å². The summed E-state index contributed by atoms with van der Waals surface area (Å²) in [6.45, 7) is 5.85. The maximum Gasteiger partial charge on any atom is 0.139 e. The lowest BCUT2D eigenvalue weighted by molar-refractivity contribution is 0.340. The number of hydrogen-bond donors (Lipinski definition) is 1. The molecule has 0 fully saturated rings. The molecule has 19 heavy (non-hydrogen) atoms. The normalized spacial score (nSPS) is 12.5. The molecular weight excluding hydrogens is 281 g/mol. The summed E-state index contributed by atoms with van der Waals surface area (Å²) in [5, 5.41) is 4.56. The van der Waals surface area contributed by atoms with E-state index in [1.807, 2.05) is 26.1 Å². The molecule has 4 heteroatoms. The number of rotatable bonds is 8. The first kappa shape index (κ1) is 16.6. The van der Waals surface area contributed by atoms with Crippen molar-refractivity contribution in [2.75, 3.05) is 20.2 Å². The molecule has 0 aromatic heterocycles. The maximum absolute atomic E-state index is 6.27. The Hall–Kier alpha value is -0.440. The number of benzene rings is 1. The fourth-order valence-electron chi connectivity index (χ4n) is 1.96. The van der Waals surface area contributed by atoms with E-state index < -0.39 is 0 Å². The van der Waals surface area contributed by atoms with Crippen LogP contribution in [0.2, 0.25) is 10.0 Å². The fraction of sp³-hybridized carbons (Fsp3) is 0.600. The molecule has 1 unspecified atom stereocenters. The van der Waals surface area contributed by atoms with E-state index in [1.165, 1.54) is 6.42 Å². The lowest BCUT2D eigenvalue weighted by atomic mass is 9.98. The Bertz CT molecular complexity index is 396. The summed E-state index contributed by atoms with van der Waals surface area (Å²) in [4.78, 5) is 0. The quantitative estimate of drug-likeness (QED) is 0.759. The third-order valence-corrected chi connectivity index (χ3v) is 3.84. The second-order valence-electron chi connectivity index (χ2n) is 4.84. The zero-order chi connectivity index (χ0) is 14.3. The Kier molecular flexibility index (Phi) is 7.59. The zero-order valence-corrected chi connectivity index (χ0v) is 13.4. The molecule has 1 aromatic rings. The fourth-order valence-corrected chi connectivity index (χ4v) is 2.45. The Labute approximate surface area is 126 Å². The van der Waals surface area contributed by atoms with Crippen LogP contribution >= 0.6 is 23.2 Å². The van der Waals surface area contributed by atoms with Gasteiger partial charge in [0.2, 0.25) is 0 Å². The number of nitrogens with one attached hydrogen (secondary N) is 1. The molecule has 0 aliphatic rings. The molecule has 0 heterocycles. The van der Waals surface area contributed by atoms with Crippen LogP contribution in [-0.4, -0.2) is 20.2 Å². The first-order valence-electron chi connectivity index (χ1n) is 6.83. The lowest BCUT2D eigenvalue weighted by Gasteiger charge is -2.13. The largest absolute Gasteiger partial charge is 0.492 e. The van der Waals surface area contributed by atoms with Crippen molar-refractivity contribution in [2.45, 2.75) is 33.1 Å². The summed E-state index contributed by atoms with van der Waals surface area (Å²) in [5.41, 5.74) is 1.10. The number of halogens is 2. The minimum atomic E-state index is 0.594. The van der Waals surface area contributed by atoms with Crippen LogP contribution in [0.25, 0.3) is 0 Å². The molecule has 0 saturated heterocycles. The second kappa shape index (κ2) is 8.68. The van der Waals surface area contributed by atoms with Crippen LogP contribution in [0.1, 0.15) is 32.3 Å². The zero-order valence-electron chi connectivity index (χ0n) is 11.9. The third kappa shape index (κ3) is 5.60. The van der Waals surface area contributed by atoms with Crippen molar-refractivity contribution < 1.29 is 4.74 Å². The van der Waals surface area contributed by atoms with Crippen molar-refractivity contribution >= 4 is 23.2 Å². The minimum Gasteiger partial charge on any atom is -0.492 e. The van der Waals surface area contributed by atoms with Crippen molar-refractivity contribution in [1.82, 2.24) is 5.32 Å². The third-order valence-electron chi connectivity index (χ3n) is 3.19. The van der Waals surface area contributed by atoms with Crippen molar-refractivity contribution in [3.63, 3.8) is 0 Å². The van der Waals surface area contributed by atoms with E-state index in [2.05, 4.69) is 12.2 Å². The van der Waals surface area contributed by atoms with Gasteiger partial charge in [0.05, 0.1) is 11.6 Å². The summed E-state index contributed by atoms with van der Waals surface area (Å²) >= 11 is 12.5. The second-order valence-corrected chi connectivity index (χ2v) is 5.66. The first-order chi connectivity index (χ1) is 9.08. The van der Waals surface area contributed by atoms with Crippen LogP contribution in [0.15, 0.2) is 12.1 Å². The lowest BCUT2D eigenvalue weighted by Crippen LogP contribution is -2.12. The number of aryl methyl sites for hydroxylation is 1. The average molecular weight is 304 g/mol. The number of hydrogen-bond acceptors (Lipinski definition) is 2. The van der Waals surface area contributed by atoms with E-state index in [4.69, 9.17) is 27.9 Å². The van der Waals surface area contributed by atoms with Crippen LogP contribution in [0.4, 0.5) is 0 Å². The Morgan fingerprint density at radius 3 is 2.58 bits per heavy atom. The van der Waals surface area contributed by atoms with Crippen LogP contribution in [0, 0.1) is 5.92 Å². The highest BCUT2D eigenvalue weighted by Gasteiger charge is 2.10. The topological polar surface area (TPSA) is 21.3 Å². The molecule has 0 aliphatic heterocycles. The molecule has 0 amide bonds. The Morgan fingerprint density at radius 1 is 1.21 bits per heavy atom. The van der Waals surface area contributed by atoms with Crippen LogP contribution in [-0.2, 0) is 6.42 Å². The summed E-state index contributed by atoms with van der Waals surface area (Å²) in [5.74, 6) is 1.34. The van der Waals surface area contributed by atoms with Gasteiger partial charge >= 0.3 is 0 Å². The van der Waals surface area contributed by atoms with Crippen LogP contribution in [0.3, 0.4) is 0 Å². The van der Waals surface area contributed by atoms with Gasteiger partial charge in [-0.25, -0.2) is 0 Å². The standard InChI is InChI=1S/C15H23Cl2NO/c1-4-19-15-10-13(16)12(9-14(15)17)6-5-11(2)7-8-18-3/h9-11,18H,4-8H2,1-3H3. The van der Waals surface area contributed by atoms with Crippen molar-refractivity contribution in [3.8, 4) is 5.75 Å². The molecular formula is C15H23Cl2NO. The molecule has 2 nitrogen and oxygen atoms in total. The summed E-state index contributed by atoms with van der Waals surface area (Å²) in [6.07, 6.45) is 3.25.